The van der Waals surface area contributed by atoms with E-state index in [1.54, 1.807) is 23.9 Å². The van der Waals surface area contributed by atoms with Crippen molar-refractivity contribution in [1.82, 2.24) is 0 Å². The summed E-state index contributed by atoms with van der Waals surface area (Å²) in [5, 5.41) is 0. The second-order valence-corrected chi connectivity index (χ2v) is 6.77. The minimum Gasteiger partial charge on any atom is -0.429 e. The molecular formula is C15H21F3NO2P. The van der Waals surface area contributed by atoms with Crippen LogP contribution in [0.25, 0.3) is 0 Å². The average Bonchev–Trinajstić information content (AvgIpc) is 2.78. The van der Waals surface area contributed by atoms with Crippen LogP contribution in [0.15, 0.2) is 24.3 Å². The van der Waals surface area contributed by atoms with Crippen molar-refractivity contribution in [3.05, 3.63) is 24.3 Å². The number of rotatable bonds is 7. The van der Waals surface area contributed by atoms with Crippen LogP contribution in [0.1, 0.15) is 39.0 Å². The fourth-order valence-corrected chi connectivity index (χ4v) is 3.68. The van der Waals surface area contributed by atoms with E-state index in [0.29, 0.717) is 12.2 Å². The van der Waals surface area contributed by atoms with Crippen molar-refractivity contribution in [3.63, 3.8) is 0 Å². The van der Waals surface area contributed by atoms with E-state index in [4.69, 9.17) is 9.05 Å². The first-order valence-corrected chi connectivity index (χ1v) is 8.60. The highest BCUT2D eigenvalue weighted by molar-refractivity contribution is 7.50. The number of para-hydroxylation sites is 2. The van der Waals surface area contributed by atoms with Gasteiger partial charge in [0.05, 0.1) is 5.69 Å². The molecule has 1 aliphatic rings. The van der Waals surface area contributed by atoms with Crippen molar-refractivity contribution in [2.75, 3.05) is 11.7 Å². The van der Waals surface area contributed by atoms with Gasteiger partial charge in [0.1, 0.15) is 0 Å². The quantitative estimate of drug-likeness (QED) is 0.474. The molecule has 0 N–H and O–H groups in total. The Kier molecular flexibility index (Phi) is 5.93. The van der Waals surface area contributed by atoms with Gasteiger partial charge in [0.25, 0.3) is 0 Å². The molecule has 0 spiro atoms. The van der Waals surface area contributed by atoms with Gasteiger partial charge in [-0.1, -0.05) is 44.7 Å². The lowest BCUT2D eigenvalue weighted by Crippen LogP contribution is -2.32. The highest BCUT2D eigenvalue weighted by Crippen LogP contribution is 2.57. The maximum absolute atomic E-state index is 13.1. The van der Waals surface area contributed by atoms with Crippen molar-refractivity contribution in [2.24, 2.45) is 0 Å². The van der Waals surface area contributed by atoms with Crippen molar-refractivity contribution in [2.45, 2.75) is 51.3 Å². The summed E-state index contributed by atoms with van der Waals surface area (Å²) in [6.07, 6.45) is -2.91. The van der Waals surface area contributed by atoms with Gasteiger partial charge < -0.3 is 4.52 Å². The molecule has 7 heteroatoms. The minimum absolute atomic E-state index is 0.0180. The Bertz CT molecular complexity index is 484. The lowest BCUT2D eigenvalue weighted by atomic mass is 10.1. The summed E-state index contributed by atoms with van der Waals surface area (Å²) < 4.78 is 51.9. The Morgan fingerprint density at radius 2 is 1.95 bits per heavy atom. The molecular weight excluding hydrogens is 314 g/mol. The number of nitrogens with zero attached hydrogens (tertiary/aromatic N) is 1. The van der Waals surface area contributed by atoms with E-state index < -0.39 is 20.8 Å². The molecule has 124 valence electrons. The fraction of sp³-hybridized carbons (Fsp3) is 0.600. The zero-order chi connectivity index (χ0) is 16.2. The number of hydrogen-bond donors (Lipinski definition) is 0. The summed E-state index contributed by atoms with van der Waals surface area (Å²) in [4.78, 5) is 0. The van der Waals surface area contributed by atoms with Crippen molar-refractivity contribution >= 4 is 14.2 Å². The SMILES string of the molecule is CCCCCCC(OP1Oc2ccccc2N1C)C(F)(F)F. The molecule has 0 aliphatic carbocycles. The zero-order valence-electron chi connectivity index (χ0n) is 12.8. The second kappa shape index (κ2) is 7.51. The molecule has 0 bridgehead atoms. The highest BCUT2D eigenvalue weighted by Gasteiger charge is 2.45. The summed E-state index contributed by atoms with van der Waals surface area (Å²) in [6, 6.07) is 7.16. The number of fused-ring (bicyclic) bond motifs is 1. The van der Waals surface area contributed by atoms with Crippen LogP contribution in [-0.4, -0.2) is 19.3 Å². The van der Waals surface area contributed by atoms with Gasteiger partial charge in [-0.3, -0.25) is 9.19 Å². The molecule has 0 amide bonds. The molecule has 22 heavy (non-hydrogen) atoms. The lowest BCUT2D eigenvalue weighted by Gasteiger charge is -2.25. The normalized spacial score (nSPS) is 19.0. The van der Waals surface area contributed by atoms with Gasteiger partial charge in [0.2, 0.25) is 0 Å². The summed E-state index contributed by atoms with van der Waals surface area (Å²) >= 11 is 0. The molecule has 0 aromatic heterocycles. The molecule has 2 atom stereocenters. The third kappa shape index (κ3) is 4.26. The van der Waals surface area contributed by atoms with Crippen LogP contribution in [-0.2, 0) is 4.52 Å². The Balaban J connectivity index is 1.96. The summed E-state index contributed by atoms with van der Waals surface area (Å²) in [5.74, 6) is 0.572. The number of benzene rings is 1. The van der Waals surface area contributed by atoms with Crippen LogP contribution >= 0.6 is 8.53 Å². The first-order valence-electron chi connectivity index (χ1n) is 7.47. The van der Waals surface area contributed by atoms with Crippen LogP contribution in [0.5, 0.6) is 5.75 Å². The topological polar surface area (TPSA) is 21.7 Å². The van der Waals surface area contributed by atoms with Crippen molar-refractivity contribution < 1.29 is 22.2 Å². The van der Waals surface area contributed by atoms with Gasteiger partial charge in [0, 0.05) is 7.05 Å². The summed E-state index contributed by atoms with van der Waals surface area (Å²) in [6.45, 7) is 2.03. The van der Waals surface area contributed by atoms with E-state index >= 15 is 0 Å². The molecule has 2 unspecified atom stereocenters. The summed E-state index contributed by atoms with van der Waals surface area (Å²) in [5.41, 5.74) is 0.764. The monoisotopic (exact) mass is 335 g/mol. The largest absolute Gasteiger partial charge is 0.429 e. The molecule has 3 nitrogen and oxygen atoms in total. The lowest BCUT2D eigenvalue weighted by molar-refractivity contribution is -0.196. The maximum atomic E-state index is 13.1. The van der Waals surface area contributed by atoms with E-state index in [-0.39, 0.29) is 6.42 Å². The molecule has 0 radical (unpaired) electrons. The number of anilines is 1. The molecule has 2 rings (SSSR count). The Labute approximate surface area is 130 Å². The smallest absolute Gasteiger partial charge is 0.415 e. The Hall–Kier alpha value is -1.00. The van der Waals surface area contributed by atoms with Gasteiger partial charge in [-0.25, -0.2) is 0 Å². The predicted molar refractivity (Wildman–Crippen MR) is 82.1 cm³/mol. The summed E-state index contributed by atoms with van der Waals surface area (Å²) in [7, 11) is -0.0515. The van der Waals surface area contributed by atoms with Gasteiger partial charge in [0.15, 0.2) is 11.9 Å². The maximum Gasteiger partial charge on any atom is 0.415 e. The molecule has 0 fully saturated rings. The van der Waals surface area contributed by atoms with Crippen LogP contribution in [0.3, 0.4) is 0 Å². The number of unbranched alkanes of at least 4 members (excludes halogenated alkanes) is 3. The van der Waals surface area contributed by atoms with E-state index in [9.17, 15) is 13.2 Å². The average molecular weight is 335 g/mol. The standard InChI is InChI=1S/C15H21F3NO2P/c1-3-4-5-6-11-14(15(16,17)18)21-22-19(2)12-9-7-8-10-13(12)20-22/h7-10,14H,3-6,11H2,1-2H3. The Morgan fingerprint density at radius 1 is 1.23 bits per heavy atom. The van der Waals surface area contributed by atoms with E-state index in [2.05, 4.69) is 0 Å². The van der Waals surface area contributed by atoms with E-state index in [1.807, 2.05) is 19.1 Å². The third-order valence-electron chi connectivity index (χ3n) is 3.54. The highest BCUT2D eigenvalue weighted by atomic mass is 31.2. The van der Waals surface area contributed by atoms with Gasteiger partial charge >= 0.3 is 14.7 Å². The minimum atomic E-state index is -4.37. The van der Waals surface area contributed by atoms with Crippen LogP contribution in [0.4, 0.5) is 18.9 Å². The van der Waals surface area contributed by atoms with Gasteiger partial charge in [-0.2, -0.15) is 13.2 Å². The van der Waals surface area contributed by atoms with Gasteiger partial charge in [-0.15, -0.1) is 0 Å². The molecule has 1 heterocycles. The first-order chi connectivity index (χ1) is 10.4. The number of hydrogen-bond acceptors (Lipinski definition) is 3. The predicted octanol–water partition coefficient (Wildman–Crippen LogP) is 5.66. The van der Waals surface area contributed by atoms with Crippen LogP contribution in [0.2, 0.25) is 0 Å². The van der Waals surface area contributed by atoms with E-state index in [0.717, 1.165) is 24.9 Å². The fourth-order valence-electron chi connectivity index (χ4n) is 2.27. The number of alkyl halides is 3. The van der Waals surface area contributed by atoms with Crippen LogP contribution < -0.4 is 9.19 Å². The molecule has 0 saturated heterocycles. The van der Waals surface area contributed by atoms with Crippen LogP contribution in [0, 0.1) is 0 Å². The zero-order valence-corrected chi connectivity index (χ0v) is 13.7. The molecule has 1 aromatic carbocycles. The van der Waals surface area contributed by atoms with Gasteiger partial charge in [-0.05, 0) is 18.6 Å². The molecule has 0 saturated carbocycles. The molecule has 1 aromatic rings. The van der Waals surface area contributed by atoms with Crippen molar-refractivity contribution in [1.29, 1.82) is 0 Å². The molecule has 1 aliphatic heterocycles. The van der Waals surface area contributed by atoms with E-state index in [1.165, 1.54) is 0 Å². The van der Waals surface area contributed by atoms with Crippen molar-refractivity contribution in [3.8, 4) is 5.75 Å². The second-order valence-electron chi connectivity index (χ2n) is 5.31. The first kappa shape index (κ1) is 17.4. The Morgan fingerprint density at radius 3 is 2.59 bits per heavy atom. The third-order valence-corrected chi connectivity index (χ3v) is 5.03. The number of halogens is 3.